The Morgan fingerprint density at radius 2 is 2.41 bits per heavy atom. The van der Waals surface area contributed by atoms with Crippen LogP contribution < -0.4 is 11.0 Å². The molecule has 0 aliphatic rings. The third-order valence-electron chi connectivity index (χ3n) is 1.82. The molecule has 0 unspecified atom stereocenters. The number of nitrogens with one attached hydrogen (secondary N) is 2. The van der Waals surface area contributed by atoms with E-state index < -0.39 is 0 Å². The highest BCUT2D eigenvalue weighted by Gasteiger charge is 1.96. The van der Waals surface area contributed by atoms with Crippen molar-refractivity contribution in [1.29, 1.82) is 0 Å². The summed E-state index contributed by atoms with van der Waals surface area (Å²) in [4.78, 5) is 18.8. The summed E-state index contributed by atoms with van der Waals surface area (Å²) in [6.07, 6.45) is 1.66. The number of thiophene rings is 1. The second kappa shape index (κ2) is 5.24. The Labute approximate surface area is 110 Å². The van der Waals surface area contributed by atoms with E-state index in [9.17, 15) is 4.79 Å². The van der Waals surface area contributed by atoms with Gasteiger partial charge in [0.1, 0.15) is 0 Å². The van der Waals surface area contributed by atoms with Crippen LogP contribution in [-0.2, 0) is 0 Å². The quantitative estimate of drug-likeness (QED) is 0.675. The minimum Gasteiger partial charge on any atom is -0.291 e. The van der Waals surface area contributed by atoms with Crippen LogP contribution in [-0.4, -0.2) is 16.2 Å². The van der Waals surface area contributed by atoms with E-state index in [1.54, 1.807) is 24.5 Å². The summed E-state index contributed by atoms with van der Waals surface area (Å²) in [6, 6.07) is 3.37. The maximum Gasteiger partial charge on any atom is 0.252 e. The average Bonchev–Trinajstić information content (AvgIpc) is 2.63. The first-order valence-electron chi connectivity index (χ1n) is 4.74. The van der Waals surface area contributed by atoms with Crippen molar-refractivity contribution < 1.29 is 0 Å². The molecule has 0 bridgehead atoms. The Morgan fingerprint density at radius 3 is 3.06 bits per heavy atom. The molecule has 2 heterocycles. The minimum atomic E-state index is -0.200. The first-order chi connectivity index (χ1) is 8.13. The minimum absolute atomic E-state index is 0.200. The highest BCUT2D eigenvalue weighted by molar-refractivity contribution is 9.10. The molecule has 0 saturated heterocycles. The van der Waals surface area contributed by atoms with Crippen LogP contribution in [0.4, 0.5) is 5.95 Å². The summed E-state index contributed by atoms with van der Waals surface area (Å²) in [6.45, 7) is 1.75. The van der Waals surface area contributed by atoms with Gasteiger partial charge >= 0.3 is 0 Å². The topological polar surface area (TPSA) is 70.1 Å². The molecule has 0 aliphatic heterocycles. The molecule has 2 rings (SSSR count). The molecule has 2 aromatic heterocycles. The molecular weight excluding hydrogens is 304 g/mol. The van der Waals surface area contributed by atoms with Crippen molar-refractivity contribution in [3.63, 3.8) is 0 Å². The van der Waals surface area contributed by atoms with Crippen LogP contribution in [0.25, 0.3) is 0 Å². The predicted molar refractivity (Wildman–Crippen MR) is 72.8 cm³/mol. The van der Waals surface area contributed by atoms with Crippen LogP contribution in [0.5, 0.6) is 0 Å². The average molecular weight is 313 g/mol. The fourth-order valence-electron chi connectivity index (χ4n) is 1.19. The van der Waals surface area contributed by atoms with Gasteiger partial charge in [0, 0.05) is 26.5 Å². The van der Waals surface area contributed by atoms with Gasteiger partial charge < -0.3 is 0 Å². The summed E-state index contributed by atoms with van der Waals surface area (Å²) in [5, 5.41) is 5.96. The summed E-state index contributed by atoms with van der Waals surface area (Å²) in [5.41, 5.74) is 3.12. The number of rotatable bonds is 3. The van der Waals surface area contributed by atoms with Gasteiger partial charge in [-0.3, -0.25) is 9.78 Å². The number of aromatic nitrogens is 2. The van der Waals surface area contributed by atoms with E-state index in [-0.39, 0.29) is 5.56 Å². The summed E-state index contributed by atoms with van der Waals surface area (Å²) < 4.78 is 1.02. The summed E-state index contributed by atoms with van der Waals surface area (Å²) in [7, 11) is 0. The SMILES string of the molecule is Cc1cc(=O)[nH]c(N/N=C\c2cc(Br)cs2)n1. The molecule has 2 N–H and O–H groups in total. The Hall–Kier alpha value is -1.47. The van der Waals surface area contributed by atoms with Gasteiger partial charge in [-0.25, -0.2) is 10.4 Å². The highest BCUT2D eigenvalue weighted by Crippen LogP contribution is 2.17. The van der Waals surface area contributed by atoms with Crippen LogP contribution in [0, 0.1) is 6.92 Å². The fraction of sp³-hybridized carbons (Fsp3) is 0.100. The number of H-pyrrole nitrogens is 1. The molecule has 88 valence electrons. The molecule has 0 aromatic carbocycles. The van der Waals surface area contributed by atoms with E-state index >= 15 is 0 Å². The van der Waals surface area contributed by atoms with E-state index in [1.807, 2.05) is 11.4 Å². The predicted octanol–water partition coefficient (Wildman–Crippen LogP) is 2.35. The lowest BCUT2D eigenvalue weighted by Crippen LogP contribution is -2.10. The van der Waals surface area contributed by atoms with Crippen LogP contribution in [0.15, 0.2) is 31.9 Å². The van der Waals surface area contributed by atoms with Crippen LogP contribution in [0.3, 0.4) is 0 Å². The number of hydrazone groups is 1. The largest absolute Gasteiger partial charge is 0.291 e. The van der Waals surface area contributed by atoms with E-state index in [4.69, 9.17) is 0 Å². The first-order valence-corrected chi connectivity index (χ1v) is 6.42. The number of halogens is 1. The lowest BCUT2D eigenvalue weighted by Gasteiger charge is -1.98. The monoisotopic (exact) mass is 312 g/mol. The van der Waals surface area contributed by atoms with Crippen molar-refractivity contribution in [2.45, 2.75) is 6.92 Å². The second-order valence-electron chi connectivity index (χ2n) is 3.27. The smallest absolute Gasteiger partial charge is 0.252 e. The van der Waals surface area contributed by atoms with Crippen molar-refractivity contribution in [2.75, 3.05) is 5.43 Å². The maximum atomic E-state index is 11.2. The van der Waals surface area contributed by atoms with E-state index in [1.165, 1.54) is 6.07 Å². The molecule has 0 radical (unpaired) electrons. The van der Waals surface area contributed by atoms with Crippen molar-refractivity contribution >= 4 is 39.4 Å². The van der Waals surface area contributed by atoms with Crippen molar-refractivity contribution in [2.24, 2.45) is 5.10 Å². The Bertz CT molecular complexity index is 604. The van der Waals surface area contributed by atoms with Gasteiger partial charge in [0.2, 0.25) is 5.95 Å². The van der Waals surface area contributed by atoms with Crippen LogP contribution in [0.1, 0.15) is 10.6 Å². The first kappa shape index (κ1) is 12.0. The highest BCUT2D eigenvalue weighted by atomic mass is 79.9. The lowest BCUT2D eigenvalue weighted by molar-refractivity contribution is 1.04. The summed E-state index contributed by atoms with van der Waals surface area (Å²) in [5.74, 6) is 0.335. The van der Waals surface area contributed by atoms with Crippen molar-refractivity contribution in [1.82, 2.24) is 9.97 Å². The number of aryl methyl sites for hydroxylation is 1. The fourth-order valence-corrected chi connectivity index (χ4v) is 2.49. The standard InChI is InChI=1S/C10H9BrN4OS/c1-6-2-9(16)14-10(13-6)15-12-4-8-3-7(11)5-17-8/h2-5H,1H3,(H2,13,14,15,16)/b12-4-. The van der Waals surface area contributed by atoms with Gasteiger partial charge in [-0.05, 0) is 28.9 Å². The molecular formula is C10H9BrN4OS. The third-order valence-corrected chi connectivity index (χ3v) is 3.45. The molecule has 0 saturated carbocycles. The van der Waals surface area contributed by atoms with Crippen molar-refractivity contribution in [3.8, 4) is 0 Å². The lowest BCUT2D eigenvalue weighted by atomic mass is 10.4. The van der Waals surface area contributed by atoms with E-state index in [0.29, 0.717) is 11.6 Å². The number of nitrogens with zero attached hydrogens (tertiary/aromatic N) is 2. The molecule has 2 aromatic rings. The second-order valence-corrected chi connectivity index (χ2v) is 5.13. The van der Waals surface area contributed by atoms with Gasteiger partial charge in [-0.2, -0.15) is 5.10 Å². The van der Waals surface area contributed by atoms with Gasteiger partial charge in [0.05, 0.1) is 6.21 Å². The number of aromatic amines is 1. The van der Waals surface area contributed by atoms with Crippen LogP contribution >= 0.6 is 27.3 Å². The Balaban J connectivity index is 2.07. The zero-order chi connectivity index (χ0) is 12.3. The van der Waals surface area contributed by atoms with Gasteiger partial charge in [0.25, 0.3) is 5.56 Å². The normalized spacial score (nSPS) is 10.9. The van der Waals surface area contributed by atoms with Crippen LogP contribution in [0.2, 0.25) is 0 Å². The third kappa shape index (κ3) is 3.50. The van der Waals surface area contributed by atoms with Gasteiger partial charge in [-0.1, -0.05) is 0 Å². The molecule has 0 spiro atoms. The maximum absolute atomic E-state index is 11.2. The molecule has 17 heavy (non-hydrogen) atoms. The van der Waals surface area contributed by atoms with Gasteiger partial charge in [0.15, 0.2) is 0 Å². The zero-order valence-corrected chi connectivity index (χ0v) is 11.3. The number of anilines is 1. The molecule has 0 amide bonds. The Morgan fingerprint density at radius 1 is 1.59 bits per heavy atom. The van der Waals surface area contributed by atoms with Gasteiger partial charge in [-0.15, -0.1) is 11.3 Å². The number of hydrogen-bond donors (Lipinski definition) is 2. The molecule has 0 fully saturated rings. The molecule has 5 nitrogen and oxygen atoms in total. The zero-order valence-electron chi connectivity index (χ0n) is 8.90. The van der Waals surface area contributed by atoms with Crippen molar-refractivity contribution in [3.05, 3.63) is 42.9 Å². The molecule has 7 heteroatoms. The van der Waals surface area contributed by atoms with E-state index in [0.717, 1.165) is 9.35 Å². The molecule has 0 atom stereocenters. The molecule has 0 aliphatic carbocycles. The summed E-state index contributed by atoms with van der Waals surface area (Å²) >= 11 is 4.92. The van der Waals surface area contributed by atoms with E-state index in [2.05, 4.69) is 36.4 Å². The Kier molecular flexibility index (Phi) is 3.70. The number of hydrogen-bond acceptors (Lipinski definition) is 5.